The Morgan fingerprint density at radius 3 is 2.33 bits per heavy atom. The summed E-state index contributed by atoms with van der Waals surface area (Å²) in [6, 6.07) is 5.34. The Labute approximate surface area is 154 Å². The van der Waals surface area contributed by atoms with E-state index in [1.165, 1.54) is 6.07 Å². The Hall–Kier alpha value is -2.39. The first-order valence-electron chi connectivity index (χ1n) is 8.25. The van der Waals surface area contributed by atoms with Crippen molar-refractivity contribution in [3.8, 4) is 0 Å². The van der Waals surface area contributed by atoms with Gasteiger partial charge >= 0.3 is 0 Å². The van der Waals surface area contributed by atoms with Crippen molar-refractivity contribution in [2.45, 2.75) is 36.7 Å². The number of hydrogen-bond donors (Lipinski definition) is 2. The minimum atomic E-state index is -4.07. The molecule has 144 valence electrons. The van der Waals surface area contributed by atoms with Crippen LogP contribution in [-0.2, 0) is 10.0 Å². The number of carbonyl (C=O) groups excluding carboxylic acids is 1. The molecular weight excluding hydrogens is 381 g/mol. The monoisotopic (exact) mass is 398 g/mol. The maximum atomic E-state index is 14.0. The molecule has 0 aromatic heterocycles. The normalized spacial score (nSPS) is 15.4. The molecule has 9 heteroatoms. The van der Waals surface area contributed by atoms with E-state index < -0.39 is 44.3 Å². The van der Waals surface area contributed by atoms with Gasteiger partial charge in [0.1, 0.15) is 10.7 Å². The number of benzene rings is 2. The smallest absolute Gasteiger partial charge is 0.251 e. The fourth-order valence-corrected chi connectivity index (χ4v) is 3.89. The molecule has 1 aliphatic carbocycles. The molecule has 1 atom stereocenters. The second kappa shape index (κ2) is 7.32. The second-order valence-corrected chi connectivity index (χ2v) is 8.09. The fraction of sp³-hybridized carbons (Fsp3) is 0.278. The molecule has 1 unspecified atom stereocenters. The summed E-state index contributed by atoms with van der Waals surface area (Å²) in [5, 5.41) is 2.54. The quantitative estimate of drug-likeness (QED) is 0.786. The number of nitrogens with one attached hydrogen (secondary N) is 2. The molecule has 1 saturated carbocycles. The van der Waals surface area contributed by atoms with Crippen molar-refractivity contribution in [2.24, 2.45) is 0 Å². The van der Waals surface area contributed by atoms with E-state index in [0.29, 0.717) is 18.4 Å². The number of carbonyl (C=O) groups is 1. The van der Waals surface area contributed by atoms with Crippen molar-refractivity contribution in [3.63, 3.8) is 0 Å². The van der Waals surface area contributed by atoms with Gasteiger partial charge in [-0.2, -0.15) is 0 Å². The SMILES string of the molecule is CC(NC(=O)c1ccc(F)c(S(=O)(=O)NC2CC2)c1)c1ccc(F)c(F)c1. The molecule has 1 aliphatic rings. The second-order valence-electron chi connectivity index (χ2n) is 6.41. The first-order valence-corrected chi connectivity index (χ1v) is 9.73. The first kappa shape index (κ1) is 19.4. The maximum Gasteiger partial charge on any atom is 0.251 e. The summed E-state index contributed by atoms with van der Waals surface area (Å²) in [7, 11) is -4.07. The Morgan fingerprint density at radius 1 is 1.04 bits per heavy atom. The van der Waals surface area contributed by atoms with Crippen molar-refractivity contribution in [3.05, 3.63) is 65.0 Å². The van der Waals surface area contributed by atoms with Gasteiger partial charge in [-0.05, 0) is 55.7 Å². The summed E-state index contributed by atoms with van der Waals surface area (Å²) >= 11 is 0. The Balaban J connectivity index is 1.80. The highest BCUT2D eigenvalue weighted by Crippen LogP contribution is 2.24. The van der Waals surface area contributed by atoms with E-state index in [4.69, 9.17) is 0 Å². The van der Waals surface area contributed by atoms with Crippen molar-refractivity contribution < 1.29 is 26.4 Å². The molecule has 0 heterocycles. The molecule has 5 nitrogen and oxygen atoms in total. The lowest BCUT2D eigenvalue weighted by Crippen LogP contribution is -2.29. The van der Waals surface area contributed by atoms with Crippen LogP contribution >= 0.6 is 0 Å². The molecule has 0 bridgehead atoms. The lowest BCUT2D eigenvalue weighted by molar-refractivity contribution is 0.0939. The number of rotatable bonds is 6. The molecule has 3 rings (SSSR count). The molecule has 1 fully saturated rings. The molecule has 1 amide bonds. The van der Waals surface area contributed by atoms with E-state index in [1.54, 1.807) is 6.92 Å². The lowest BCUT2D eigenvalue weighted by atomic mass is 10.1. The topological polar surface area (TPSA) is 75.3 Å². The van der Waals surface area contributed by atoms with Gasteiger partial charge < -0.3 is 5.32 Å². The number of amides is 1. The molecule has 27 heavy (non-hydrogen) atoms. The number of halogens is 3. The average Bonchev–Trinajstić information content (AvgIpc) is 3.40. The van der Waals surface area contributed by atoms with E-state index in [-0.39, 0.29) is 11.6 Å². The molecule has 0 saturated heterocycles. The summed E-state index contributed by atoms with van der Waals surface area (Å²) in [4.78, 5) is 11.8. The number of hydrogen-bond acceptors (Lipinski definition) is 3. The van der Waals surface area contributed by atoms with Crippen LogP contribution < -0.4 is 10.0 Å². The largest absolute Gasteiger partial charge is 0.346 e. The highest BCUT2D eigenvalue weighted by molar-refractivity contribution is 7.89. The molecule has 2 aromatic rings. The minimum Gasteiger partial charge on any atom is -0.346 e. The molecule has 2 N–H and O–H groups in total. The van der Waals surface area contributed by atoms with Gasteiger partial charge in [-0.3, -0.25) is 4.79 Å². The zero-order chi connectivity index (χ0) is 19.8. The Bertz CT molecular complexity index is 991. The molecule has 0 spiro atoms. The van der Waals surface area contributed by atoms with E-state index >= 15 is 0 Å². The van der Waals surface area contributed by atoms with E-state index in [1.807, 2.05) is 0 Å². The van der Waals surface area contributed by atoms with Gasteiger partial charge in [0.05, 0.1) is 6.04 Å². The molecule has 0 aliphatic heterocycles. The highest BCUT2D eigenvalue weighted by Gasteiger charge is 2.30. The predicted molar refractivity (Wildman–Crippen MR) is 92.0 cm³/mol. The first-order chi connectivity index (χ1) is 12.7. The van der Waals surface area contributed by atoms with Gasteiger partial charge in [-0.25, -0.2) is 26.3 Å². The zero-order valence-corrected chi connectivity index (χ0v) is 15.1. The summed E-state index contributed by atoms with van der Waals surface area (Å²) in [5.41, 5.74) is 0.259. The van der Waals surface area contributed by atoms with Crippen molar-refractivity contribution >= 4 is 15.9 Å². The summed E-state index contributed by atoms with van der Waals surface area (Å²) in [6.45, 7) is 1.56. The van der Waals surface area contributed by atoms with Gasteiger partial charge in [0, 0.05) is 11.6 Å². The third-order valence-electron chi connectivity index (χ3n) is 4.17. The predicted octanol–water partition coefficient (Wildman–Crippen LogP) is 3.04. The fourth-order valence-electron chi connectivity index (χ4n) is 2.48. The summed E-state index contributed by atoms with van der Waals surface area (Å²) in [6.07, 6.45) is 1.37. The van der Waals surface area contributed by atoms with Gasteiger partial charge in [-0.15, -0.1) is 0 Å². The van der Waals surface area contributed by atoms with Crippen LogP contribution in [0.25, 0.3) is 0 Å². The Morgan fingerprint density at radius 2 is 1.70 bits per heavy atom. The third-order valence-corrected chi connectivity index (χ3v) is 5.71. The van der Waals surface area contributed by atoms with Crippen LogP contribution in [0, 0.1) is 17.5 Å². The number of sulfonamides is 1. The zero-order valence-electron chi connectivity index (χ0n) is 14.3. The summed E-state index contributed by atoms with van der Waals surface area (Å²) < 4.78 is 67.2. The Kier molecular flexibility index (Phi) is 5.25. The molecule has 2 aromatic carbocycles. The van der Waals surface area contributed by atoms with Gasteiger partial charge in [-0.1, -0.05) is 6.07 Å². The van der Waals surface area contributed by atoms with Crippen LogP contribution in [0.1, 0.15) is 41.7 Å². The van der Waals surface area contributed by atoms with Crippen molar-refractivity contribution in [1.29, 1.82) is 0 Å². The standard InChI is InChI=1S/C18H17F3N2O3S/c1-10(11-2-6-14(19)16(21)8-11)22-18(24)12-3-7-15(20)17(9-12)27(25,26)23-13-4-5-13/h2-3,6-10,13,23H,4-5H2,1H3,(H,22,24). The summed E-state index contributed by atoms with van der Waals surface area (Å²) in [5.74, 6) is -3.69. The molecular formula is C18H17F3N2O3S. The average molecular weight is 398 g/mol. The van der Waals surface area contributed by atoms with Crippen molar-refractivity contribution in [2.75, 3.05) is 0 Å². The van der Waals surface area contributed by atoms with Crippen LogP contribution in [0.3, 0.4) is 0 Å². The van der Waals surface area contributed by atoms with Crippen molar-refractivity contribution in [1.82, 2.24) is 10.0 Å². The van der Waals surface area contributed by atoms with Crippen LogP contribution in [0.5, 0.6) is 0 Å². The van der Waals surface area contributed by atoms with E-state index in [0.717, 1.165) is 30.3 Å². The van der Waals surface area contributed by atoms with E-state index in [9.17, 15) is 26.4 Å². The van der Waals surface area contributed by atoms with Crippen LogP contribution in [0.4, 0.5) is 13.2 Å². The third kappa shape index (κ3) is 4.48. The lowest BCUT2D eigenvalue weighted by Gasteiger charge is -2.15. The van der Waals surface area contributed by atoms with E-state index in [2.05, 4.69) is 10.0 Å². The minimum absolute atomic E-state index is 0.0676. The van der Waals surface area contributed by atoms with Gasteiger partial charge in [0.25, 0.3) is 5.91 Å². The molecule has 0 radical (unpaired) electrons. The van der Waals surface area contributed by atoms with Gasteiger partial charge in [0.2, 0.25) is 10.0 Å². The van der Waals surface area contributed by atoms with Crippen LogP contribution in [0.15, 0.2) is 41.3 Å². The highest BCUT2D eigenvalue weighted by atomic mass is 32.2. The van der Waals surface area contributed by atoms with Crippen LogP contribution in [0.2, 0.25) is 0 Å². The maximum absolute atomic E-state index is 14.0. The van der Waals surface area contributed by atoms with Gasteiger partial charge in [0.15, 0.2) is 11.6 Å². The van der Waals surface area contributed by atoms with Crippen LogP contribution in [-0.4, -0.2) is 20.4 Å².